The summed E-state index contributed by atoms with van der Waals surface area (Å²) in [6, 6.07) is 8.65. The Balaban J connectivity index is 2.00. The van der Waals surface area contributed by atoms with Crippen molar-refractivity contribution in [2.45, 2.75) is 31.6 Å². The molecule has 88 valence electrons. The second-order valence-corrected chi connectivity index (χ2v) is 6.25. The topological polar surface area (TPSA) is 0 Å². The molecule has 0 fully saturated rings. The number of aryl methyl sites for hydroxylation is 1. The molecule has 0 radical (unpaired) electrons. The fourth-order valence-electron chi connectivity index (χ4n) is 2.44. The molecule has 0 aliphatic heterocycles. The van der Waals surface area contributed by atoms with Gasteiger partial charge in [-0.1, -0.05) is 31.2 Å². The molecule has 16 heavy (non-hydrogen) atoms. The summed E-state index contributed by atoms with van der Waals surface area (Å²) in [5.74, 6) is 3.15. The van der Waals surface area contributed by atoms with Gasteiger partial charge in [0, 0.05) is 0 Å². The van der Waals surface area contributed by atoms with E-state index in [1.807, 2.05) is 11.8 Å². The van der Waals surface area contributed by atoms with Gasteiger partial charge in [0.2, 0.25) is 0 Å². The average Bonchev–Trinajstić information content (AvgIpc) is 2.33. The fraction of sp³-hybridized carbons (Fsp3) is 0.571. The Morgan fingerprint density at radius 2 is 2.19 bits per heavy atom. The van der Waals surface area contributed by atoms with Crippen LogP contribution in [-0.2, 0) is 6.42 Å². The summed E-state index contributed by atoms with van der Waals surface area (Å²) in [6.45, 7) is 2.22. The third-order valence-corrected chi connectivity index (χ3v) is 4.91. The molecule has 0 saturated heterocycles. The van der Waals surface area contributed by atoms with Crippen LogP contribution in [0.4, 0.5) is 0 Å². The minimum Gasteiger partial charge on any atom is -0.162 e. The number of hydrogen-bond donors (Lipinski definition) is 0. The Labute approximate surface area is 108 Å². The molecule has 0 amide bonds. The van der Waals surface area contributed by atoms with Gasteiger partial charge in [-0.2, -0.15) is 11.8 Å². The number of fused-ring (bicyclic) bond motifs is 1. The molecule has 2 heteroatoms. The molecule has 0 spiro atoms. The van der Waals surface area contributed by atoms with Gasteiger partial charge in [-0.05, 0) is 47.8 Å². The van der Waals surface area contributed by atoms with Crippen LogP contribution in [0.3, 0.4) is 0 Å². The van der Waals surface area contributed by atoms with Crippen LogP contribution in [-0.4, -0.2) is 11.5 Å². The minimum atomic E-state index is 0.238. The zero-order valence-corrected chi connectivity index (χ0v) is 11.4. The van der Waals surface area contributed by atoms with E-state index in [1.54, 1.807) is 0 Å². The van der Waals surface area contributed by atoms with Gasteiger partial charge in [-0.3, -0.25) is 0 Å². The summed E-state index contributed by atoms with van der Waals surface area (Å²) < 4.78 is 0. The minimum absolute atomic E-state index is 0.238. The zero-order valence-electron chi connectivity index (χ0n) is 9.79. The van der Waals surface area contributed by atoms with Crippen LogP contribution in [0.15, 0.2) is 24.3 Å². The third kappa shape index (κ3) is 2.75. The predicted molar refractivity (Wildman–Crippen MR) is 74.5 cm³/mol. The van der Waals surface area contributed by atoms with E-state index < -0.39 is 0 Å². The summed E-state index contributed by atoms with van der Waals surface area (Å²) in [7, 11) is 0. The molecule has 1 aliphatic rings. The number of thioether (sulfide) groups is 1. The number of alkyl halides is 1. The van der Waals surface area contributed by atoms with E-state index in [2.05, 4.69) is 31.2 Å². The third-order valence-electron chi connectivity index (χ3n) is 3.39. The fourth-order valence-corrected chi connectivity index (χ4v) is 3.66. The van der Waals surface area contributed by atoms with Crippen LogP contribution in [0.5, 0.6) is 0 Å². The first kappa shape index (κ1) is 12.3. The number of hydrogen-bond acceptors (Lipinski definition) is 1. The predicted octanol–water partition coefficient (Wildman–Crippen LogP) is 4.67. The molecule has 2 unspecified atom stereocenters. The number of rotatable bonds is 4. The van der Waals surface area contributed by atoms with Gasteiger partial charge in [0.25, 0.3) is 0 Å². The van der Waals surface area contributed by atoms with E-state index in [-0.39, 0.29) is 5.38 Å². The summed E-state index contributed by atoms with van der Waals surface area (Å²) in [6.07, 6.45) is 3.73. The first-order chi connectivity index (χ1) is 7.83. The van der Waals surface area contributed by atoms with Crippen molar-refractivity contribution < 1.29 is 0 Å². The Bertz CT molecular complexity index is 337. The maximum Gasteiger partial charge on any atom is 0.0616 e. The summed E-state index contributed by atoms with van der Waals surface area (Å²) >= 11 is 8.61. The maximum absolute atomic E-state index is 6.58. The molecule has 1 aromatic rings. The second-order valence-electron chi connectivity index (χ2n) is 4.38. The summed E-state index contributed by atoms with van der Waals surface area (Å²) in [4.78, 5) is 0. The van der Waals surface area contributed by atoms with Crippen LogP contribution in [0.25, 0.3) is 0 Å². The highest BCUT2D eigenvalue weighted by atomic mass is 35.5. The monoisotopic (exact) mass is 254 g/mol. The molecular weight excluding hydrogens is 236 g/mol. The lowest BCUT2D eigenvalue weighted by Gasteiger charge is -2.29. The zero-order chi connectivity index (χ0) is 11.4. The lowest BCUT2D eigenvalue weighted by molar-refractivity contribution is 0.434. The van der Waals surface area contributed by atoms with E-state index >= 15 is 0 Å². The molecule has 0 nitrogen and oxygen atoms in total. The van der Waals surface area contributed by atoms with Crippen LogP contribution >= 0.6 is 23.4 Å². The lowest BCUT2D eigenvalue weighted by atomic mass is 9.82. The molecule has 2 atom stereocenters. The van der Waals surface area contributed by atoms with Gasteiger partial charge < -0.3 is 0 Å². The van der Waals surface area contributed by atoms with Crippen molar-refractivity contribution in [3.05, 3.63) is 35.4 Å². The first-order valence-electron chi connectivity index (χ1n) is 6.12. The van der Waals surface area contributed by atoms with Crippen LogP contribution in [0.1, 0.15) is 36.3 Å². The van der Waals surface area contributed by atoms with Crippen LogP contribution in [0, 0.1) is 5.92 Å². The van der Waals surface area contributed by atoms with Crippen molar-refractivity contribution in [1.82, 2.24) is 0 Å². The number of benzene rings is 1. The van der Waals surface area contributed by atoms with Crippen molar-refractivity contribution in [3.63, 3.8) is 0 Å². The molecule has 0 bridgehead atoms. The quantitative estimate of drug-likeness (QED) is 0.556. The van der Waals surface area contributed by atoms with Gasteiger partial charge in [-0.25, -0.2) is 0 Å². The summed E-state index contributed by atoms with van der Waals surface area (Å²) in [5.41, 5.74) is 2.84. The Kier molecular flexibility index (Phi) is 4.60. The van der Waals surface area contributed by atoms with Crippen molar-refractivity contribution in [3.8, 4) is 0 Å². The highest BCUT2D eigenvalue weighted by Crippen LogP contribution is 2.41. The Morgan fingerprint density at radius 1 is 1.38 bits per heavy atom. The van der Waals surface area contributed by atoms with E-state index in [1.165, 1.54) is 41.9 Å². The molecule has 2 rings (SSSR count). The smallest absolute Gasteiger partial charge is 0.0616 e. The van der Waals surface area contributed by atoms with Crippen LogP contribution in [0.2, 0.25) is 0 Å². The van der Waals surface area contributed by atoms with E-state index in [0.717, 1.165) is 0 Å². The van der Waals surface area contributed by atoms with Crippen LogP contribution < -0.4 is 0 Å². The maximum atomic E-state index is 6.58. The Morgan fingerprint density at radius 3 is 3.00 bits per heavy atom. The van der Waals surface area contributed by atoms with Crippen molar-refractivity contribution >= 4 is 23.4 Å². The van der Waals surface area contributed by atoms with Gasteiger partial charge in [-0.15, -0.1) is 11.6 Å². The molecule has 0 N–H and O–H groups in total. The highest BCUT2D eigenvalue weighted by molar-refractivity contribution is 7.99. The lowest BCUT2D eigenvalue weighted by Crippen LogP contribution is -2.17. The van der Waals surface area contributed by atoms with Crippen molar-refractivity contribution in [2.24, 2.45) is 5.92 Å². The SMILES string of the molecule is CCSCCC1CCc2ccccc2C1Cl. The van der Waals surface area contributed by atoms with E-state index in [0.29, 0.717) is 5.92 Å². The summed E-state index contributed by atoms with van der Waals surface area (Å²) in [5, 5.41) is 0.238. The molecule has 1 aromatic carbocycles. The highest BCUT2D eigenvalue weighted by Gasteiger charge is 2.26. The van der Waals surface area contributed by atoms with E-state index in [4.69, 9.17) is 11.6 Å². The largest absolute Gasteiger partial charge is 0.162 e. The molecule has 0 saturated carbocycles. The van der Waals surface area contributed by atoms with E-state index in [9.17, 15) is 0 Å². The standard InChI is InChI=1S/C14H19ClS/c1-2-16-10-9-12-8-7-11-5-3-4-6-13(11)14(12)15/h3-6,12,14H,2,7-10H2,1H3. The average molecular weight is 255 g/mol. The first-order valence-corrected chi connectivity index (χ1v) is 7.71. The molecule has 1 aliphatic carbocycles. The van der Waals surface area contributed by atoms with Gasteiger partial charge in [0.15, 0.2) is 0 Å². The number of halogens is 1. The Hall–Kier alpha value is -0.140. The molecule has 0 aromatic heterocycles. The van der Waals surface area contributed by atoms with Crippen molar-refractivity contribution in [1.29, 1.82) is 0 Å². The van der Waals surface area contributed by atoms with Crippen molar-refractivity contribution in [2.75, 3.05) is 11.5 Å². The molecular formula is C14H19ClS. The molecule has 0 heterocycles. The van der Waals surface area contributed by atoms with Gasteiger partial charge >= 0.3 is 0 Å². The second kappa shape index (κ2) is 5.97. The van der Waals surface area contributed by atoms with Gasteiger partial charge in [0.1, 0.15) is 0 Å². The van der Waals surface area contributed by atoms with Gasteiger partial charge in [0.05, 0.1) is 5.38 Å². The normalized spacial score (nSPS) is 24.1.